The van der Waals surface area contributed by atoms with Crippen LogP contribution in [-0.2, 0) is 9.53 Å². The summed E-state index contributed by atoms with van der Waals surface area (Å²) in [4.78, 5) is 12.4. The van der Waals surface area contributed by atoms with Gasteiger partial charge in [0.05, 0.1) is 7.11 Å². The van der Waals surface area contributed by atoms with Crippen molar-refractivity contribution in [2.75, 3.05) is 32.7 Å². The van der Waals surface area contributed by atoms with Gasteiger partial charge < -0.3 is 18.9 Å². The molecule has 0 bridgehead atoms. The van der Waals surface area contributed by atoms with Crippen LogP contribution in [0.4, 0.5) is 4.39 Å². The van der Waals surface area contributed by atoms with E-state index in [4.69, 9.17) is 18.9 Å². The number of carbonyl (C=O) groups is 1. The van der Waals surface area contributed by atoms with E-state index in [2.05, 4.69) is 0 Å². The van der Waals surface area contributed by atoms with Gasteiger partial charge in [0, 0.05) is 16.7 Å². The Labute approximate surface area is 161 Å². The summed E-state index contributed by atoms with van der Waals surface area (Å²) in [6, 6.07) is 10.0. The van der Waals surface area contributed by atoms with Crippen LogP contribution in [0.5, 0.6) is 17.2 Å². The molecule has 2 aromatic carbocycles. The topological polar surface area (TPSA) is 54.0 Å². The molecule has 3 rings (SSSR count). The molecule has 142 valence electrons. The Bertz CT molecular complexity index is 820. The van der Waals surface area contributed by atoms with Crippen LogP contribution >= 0.6 is 11.8 Å². The van der Waals surface area contributed by atoms with Crippen molar-refractivity contribution in [2.45, 2.75) is 4.90 Å². The van der Waals surface area contributed by atoms with Crippen LogP contribution in [0.1, 0.15) is 5.56 Å². The second-order valence-corrected chi connectivity index (χ2v) is 6.66. The first-order chi connectivity index (χ1) is 13.2. The van der Waals surface area contributed by atoms with E-state index < -0.39 is 5.97 Å². The number of hydrogen-bond acceptors (Lipinski definition) is 6. The Balaban J connectivity index is 1.52. The summed E-state index contributed by atoms with van der Waals surface area (Å²) in [5, 5.41) is 0. The minimum absolute atomic E-state index is 0.187. The Morgan fingerprint density at radius 1 is 1.26 bits per heavy atom. The van der Waals surface area contributed by atoms with Crippen LogP contribution < -0.4 is 14.2 Å². The molecule has 0 fully saturated rings. The molecule has 0 spiro atoms. The van der Waals surface area contributed by atoms with Gasteiger partial charge in [-0.15, -0.1) is 11.8 Å². The molecule has 1 heterocycles. The number of thioether (sulfide) groups is 1. The number of ether oxygens (including phenoxy) is 4. The van der Waals surface area contributed by atoms with Gasteiger partial charge >= 0.3 is 5.97 Å². The van der Waals surface area contributed by atoms with Gasteiger partial charge in [0.1, 0.15) is 25.6 Å². The number of esters is 1. The minimum atomic E-state index is -0.474. The quantitative estimate of drug-likeness (QED) is 0.309. The summed E-state index contributed by atoms with van der Waals surface area (Å²) < 4.78 is 35.0. The zero-order chi connectivity index (χ0) is 19.1. The molecule has 0 aromatic heterocycles. The third kappa shape index (κ3) is 5.17. The first kappa shape index (κ1) is 19.1. The van der Waals surface area contributed by atoms with Crippen molar-refractivity contribution in [3.8, 4) is 17.2 Å². The van der Waals surface area contributed by atoms with E-state index in [0.717, 1.165) is 5.56 Å². The van der Waals surface area contributed by atoms with Crippen LogP contribution in [0.25, 0.3) is 6.08 Å². The zero-order valence-electron chi connectivity index (χ0n) is 14.8. The second kappa shape index (κ2) is 9.32. The summed E-state index contributed by atoms with van der Waals surface area (Å²) in [6.07, 6.45) is 2.95. The summed E-state index contributed by atoms with van der Waals surface area (Å²) in [5.41, 5.74) is 0.730. The smallest absolute Gasteiger partial charge is 0.330 e. The Morgan fingerprint density at radius 3 is 2.89 bits per heavy atom. The van der Waals surface area contributed by atoms with Gasteiger partial charge in [0.25, 0.3) is 0 Å². The first-order valence-electron chi connectivity index (χ1n) is 8.37. The number of rotatable bonds is 7. The third-order valence-corrected chi connectivity index (χ3v) is 4.70. The van der Waals surface area contributed by atoms with Crippen molar-refractivity contribution in [3.05, 3.63) is 53.9 Å². The largest absolute Gasteiger partial charge is 0.493 e. The van der Waals surface area contributed by atoms with Crippen molar-refractivity contribution < 1.29 is 28.1 Å². The maximum absolute atomic E-state index is 13.5. The summed E-state index contributed by atoms with van der Waals surface area (Å²) in [5.74, 6) is 1.41. The lowest BCUT2D eigenvalue weighted by Gasteiger charge is -2.20. The molecule has 0 radical (unpaired) electrons. The highest BCUT2D eigenvalue weighted by Gasteiger charge is 2.17. The van der Waals surface area contributed by atoms with Gasteiger partial charge in [-0.1, -0.05) is 12.1 Å². The van der Waals surface area contributed by atoms with Gasteiger partial charge in [-0.3, -0.25) is 0 Å². The first-order valence-corrected chi connectivity index (χ1v) is 9.36. The lowest BCUT2D eigenvalue weighted by atomic mass is 10.1. The molecule has 7 heteroatoms. The van der Waals surface area contributed by atoms with E-state index in [1.807, 2.05) is 0 Å². The van der Waals surface area contributed by atoms with Gasteiger partial charge in [-0.2, -0.15) is 0 Å². The number of hydrogen-bond donors (Lipinski definition) is 0. The van der Waals surface area contributed by atoms with E-state index in [0.29, 0.717) is 41.1 Å². The summed E-state index contributed by atoms with van der Waals surface area (Å²) in [6.45, 7) is 1.12. The summed E-state index contributed by atoms with van der Waals surface area (Å²) in [7, 11) is 1.54. The molecule has 0 N–H and O–H groups in total. The fraction of sp³-hybridized carbons (Fsp3) is 0.250. The fourth-order valence-electron chi connectivity index (χ4n) is 2.46. The molecular weight excluding hydrogens is 371 g/mol. The van der Waals surface area contributed by atoms with E-state index in [1.54, 1.807) is 43.5 Å². The van der Waals surface area contributed by atoms with E-state index in [-0.39, 0.29) is 12.4 Å². The van der Waals surface area contributed by atoms with Crippen LogP contribution in [-0.4, -0.2) is 38.7 Å². The van der Waals surface area contributed by atoms with Crippen LogP contribution in [0.3, 0.4) is 0 Å². The number of methoxy groups -OCH3 is 1. The minimum Gasteiger partial charge on any atom is -0.493 e. The van der Waals surface area contributed by atoms with Gasteiger partial charge in [0.2, 0.25) is 5.75 Å². The number of carbonyl (C=O) groups excluding carboxylic acids is 1. The van der Waals surface area contributed by atoms with Crippen LogP contribution in [0.15, 0.2) is 47.4 Å². The van der Waals surface area contributed by atoms with Crippen molar-refractivity contribution in [1.29, 1.82) is 0 Å². The van der Waals surface area contributed by atoms with Crippen molar-refractivity contribution in [3.63, 3.8) is 0 Å². The molecule has 5 nitrogen and oxygen atoms in total. The molecule has 27 heavy (non-hydrogen) atoms. The lowest BCUT2D eigenvalue weighted by Crippen LogP contribution is -2.16. The van der Waals surface area contributed by atoms with E-state index in [9.17, 15) is 9.18 Å². The number of halogens is 1. The molecule has 0 saturated carbocycles. The Hall–Kier alpha value is -2.67. The molecule has 0 unspecified atom stereocenters. The molecule has 1 aliphatic rings. The van der Waals surface area contributed by atoms with Gasteiger partial charge in [-0.05, 0) is 35.9 Å². The molecular formula is C20H19FO5S. The monoisotopic (exact) mass is 390 g/mol. The predicted molar refractivity (Wildman–Crippen MR) is 101 cm³/mol. The highest BCUT2D eigenvalue weighted by Crippen LogP contribution is 2.40. The maximum atomic E-state index is 13.5. The molecule has 2 aromatic rings. The Kier molecular flexibility index (Phi) is 6.59. The second-order valence-electron chi connectivity index (χ2n) is 5.53. The van der Waals surface area contributed by atoms with Crippen molar-refractivity contribution in [2.24, 2.45) is 0 Å². The average molecular weight is 390 g/mol. The highest BCUT2D eigenvalue weighted by molar-refractivity contribution is 7.99. The van der Waals surface area contributed by atoms with Crippen LogP contribution in [0.2, 0.25) is 0 Å². The zero-order valence-corrected chi connectivity index (χ0v) is 15.6. The average Bonchev–Trinajstić information content (AvgIpc) is 2.70. The number of benzene rings is 2. The fourth-order valence-corrected chi connectivity index (χ4v) is 3.22. The standard InChI is InChI=1S/C20H19FO5S/c1-23-16-12-14(13-17-20(16)26-9-8-24-17)6-7-19(22)25-10-11-27-18-5-3-2-4-15(18)21/h2-7,12-13H,8-11H2,1H3/b7-6+. The molecule has 0 atom stereocenters. The molecule has 0 aliphatic carbocycles. The predicted octanol–water partition coefficient (Wildman–Crippen LogP) is 3.95. The van der Waals surface area contributed by atoms with Crippen molar-refractivity contribution in [1.82, 2.24) is 0 Å². The number of fused-ring (bicyclic) bond motifs is 1. The Morgan fingerprint density at radius 2 is 2.07 bits per heavy atom. The molecule has 1 aliphatic heterocycles. The van der Waals surface area contributed by atoms with Gasteiger partial charge in [-0.25, -0.2) is 9.18 Å². The van der Waals surface area contributed by atoms with E-state index in [1.165, 1.54) is 23.9 Å². The molecule has 0 saturated heterocycles. The SMILES string of the molecule is COc1cc(/C=C/C(=O)OCCSc2ccccc2F)cc2c1OCCO2. The van der Waals surface area contributed by atoms with Crippen molar-refractivity contribution >= 4 is 23.8 Å². The normalized spacial score (nSPS) is 12.8. The van der Waals surface area contributed by atoms with Gasteiger partial charge in [0.15, 0.2) is 11.5 Å². The maximum Gasteiger partial charge on any atom is 0.330 e. The molecule has 0 amide bonds. The highest BCUT2D eigenvalue weighted by atomic mass is 32.2. The lowest BCUT2D eigenvalue weighted by molar-refractivity contribution is -0.137. The van der Waals surface area contributed by atoms with E-state index >= 15 is 0 Å². The third-order valence-electron chi connectivity index (χ3n) is 3.68. The summed E-state index contributed by atoms with van der Waals surface area (Å²) >= 11 is 1.30. The van der Waals surface area contributed by atoms with Crippen LogP contribution in [0, 0.1) is 5.82 Å².